The first kappa shape index (κ1) is 19.6. The van der Waals surface area contributed by atoms with Crippen molar-refractivity contribution in [3.8, 4) is 0 Å². The minimum absolute atomic E-state index is 0.0324. The standard InChI is InChI=1S/C16H19ClFN3O6/c1-3-9(22)25-13-15(7-17)16(13,26-10(23)4-2)11(18)12(27-15)21-6-5-8(19)20-14(21)24/h5-6,11-13H,3-4,7H2,1-2H3,(H2,19,20,24)/t11-,12+,13?,15+,16+/m0/s1. The van der Waals surface area contributed by atoms with Gasteiger partial charge in [-0.1, -0.05) is 13.8 Å². The zero-order valence-corrected chi connectivity index (χ0v) is 15.4. The van der Waals surface area contributed by atoms with Crippen molar-refractivity contribution in [2.45, 2.75) is 56.4 Å². The molecule has 2 heterocycles. The molecule has 0 radical (unpaired) electrons. The molecule has 27 heavy (non-hydrogen) atoms. The van der Waals surface area contributed by atoms with Crippen molar-refractivity contribution in [1.29, 1.82) is 0 Å². The molecule has 0 aromatic carbocycles. The fourth-order valence-corrected chi connectivity index (χ4v) is 3.78. The van der Waals surface area contributed by atoms with Gasteiger partial charge >= 0.3 is 17.6 Å². The predicted octanol–water partition coefficient (Wildman–Crippen LogP) is 0.697. The number of anilines is 1. The van der Waals surface area contributed by atoms with E-state index >= 15 is 4.39 Å². The minimum Gasteiger partial charge on any atom is -0.454 e. The number of nitrogen functional groups attached to an aromatic ring is 1. The maximum Gasteiger partial charge on any atom is 0.351 e. The van der Waals surface area contributed by atoms with E-state index in [0.29, 0.717) is 0 Å². The molecular weight excluding hydrogens is 385 g/mol. The Morgan fingerprint density at radius 1 is 1.41 bits per heavy atom. The zero-order chi connectivity index (χ0) is 20.0. The van der Waals surface area contributed by atoms with Gasteiger partial charge in [0.05, 0.1) is 5.88 Å². The molecule has 5 atom stereocenters. The van der Waals surface area contributed by atoms with Crippen molar-refractivity contribution in [2.24, 2.45) is 0 Å². The molecule has 1 saturated carbocycles. The molecule has 1 aromatic heterocycles. The second-order valence-corrected chi connectivity index (χ2v) is 6.59. The van der Waals surface area contributed by atoms with Gasteiger partial charge in [-0.2, -0.15) is 4.98 Å². The largest absolute Gasteiger partial charge is 0.454 e. The first-order valence-electron chi connectivity index (χ1n) is 8.41. The van der Waals surface area contributed by atoms with Gasteiger partial charge in [0.1, 0.15) is 5.82 Å². The van der Waals surface area contributed by atoms with Crippen LogP contribution >= 0.6 is 11.6 Å². The number of fused-ring (bicyclic) bond motifs is 1. The van der Waals surface area contributed by atoms with E-state index in [4.69, 9.17) is 31.5 Å². The third-order valence-electron chi connectivity index (χ3n) is 4.82. The predicted molar refractivity (Wildman–Crippen MR) is 90.7 cm³/mol. The Kier molecular flexibility index (Phi) is 4.89. The molecule has 2 aliphatic rings. The summed E-state index contributed by atoms with van der Waals surface area (Å²) in [6, 6.07) is 1.30. The fraction of sp³-hybridized carbons (Fsp3) is 0.625. The number of aromatic nitrogens is 2. The van der Waals surface area contributed by atoms with E-state index in [1.54, 1.807) is 6.92 Å². The number of nitrogens with zero attached hydrogens (tertiary/aromatic N) is 2. The van der Waals surface area contributed by atoms with E-state index in [9.17, 15) is 14.4 Å². The Balaban J connectivity index is 2.01. The average molecular weight is 404 g/mol. The number of ether oxygens (including phenoxy) is 3. The molecule has 3 rings (SSSR count). The third kappa shape index (κ3) is 2.69. The van der Waals surface area contributed by atoms with Gasteiger partial charge in [-0.25, -0.2) is 9.18 Å². The van der Waals surface area contributed by atoms with Gasteiger partial charge in [0.25, 0.3) is 0 Å². The number of alkyl halides is 2. The number of nitrogens with two attached hydrogens (primary N) is 1. The van der Waals surface area contributed by atoms with Crippen molar-refractivity contribution in [3.05, 3.63) is 22.7 Å². The number of carbonyl (C=O) groups is 2. The molecule has 2 fully saturated rings. The molecule has 1 aromatic rings. The van der Waals surface area contributed by atoms with Crippen LogP contribution in [0.2, 0.25) is 0 Å². The highest BCUT2D eigenvalue weighted by atomic mass is 35.5. The molecule has 1 unspecified atom stereocenters. The minimum atomic E-state index is -2.02. The summed E-state index contributed by atoms with van der Waals surface area (Å²) >= 11 is 6.01. The van der Waals surface area contributed by atoms with Gasteiger partial charge in [0, 0.05) is 19.0 Å². The van der Waals surface area contributed by atoms with Crippen LogP contribution in [0.5, 0.6) is 0 Å². The molecule has 1 aliphatic heterocycles. The molecular formula is C16H19ClFN3O6. The summed E-state index contributed by atoms with van der Waals surface area (Å²) in [5.41, 5.74) is 1.07. The van der Waals surface area contributed by atoms with Crippen LogP contribution in [0, 0.1) is 0 Å². The number of hydrogen-bond acceptors (Lipinski definition) is 8. The highest BCUT2D eigenvalue weighted by Gasteiger charge is 2.93. The van der Waals surface area contributed by atoms with Crippen molar-refractivity contribution in [2.75, 3.05) is 11.6 Å². The van der Waals surface area contributed by atoms with E-state index in [0.717, 1.165) is 4.57 Å². The zero-order valence-electron chi connectivity index (χ0n) is 14.7. The topological polar surface area (TPSA) is 123 Å². The lowest BCUT2D eigenvalue weighted by Crippen LogP contribution is -2.41. The summed E-state index contributed by atoms with van der Waals surface area (Å²) in [6.07, 6.45) is -3.48. The Labute approximate surface area is 158 Å². The van der Waals surface area contributed by atoms with Gasteiger partial charge < -0.3 is 19.9 Å². The Hall–Kier alpha value is -2.20. The molecule has 9 nitrogen and oxygen atoms in total. The fourth-order valence-electron chi connectivity index (χ4n) is 3.36. The summed E-state index contributed by atoms with van der Waals surface area (Å²) in [6.45, 7) is 3.10. The van der Waals surface area contributed by atoms with Crippen LogP contribution in [0.3, 0.4) is 0 Å². The Morgan fingerprint density at radius 2 is 2.07 bits per heavy atom. The van der Waals surface area contributed by atoms with Crippen molar-refractivity contribution in [3.63, 3.8) is 0 Å². The molecule has 148 valence electrons. The highest BCUT2D eigenvalue weighted by Crippen LogP contribution is 2.67. The van der Waals surface area contributed by atoms with Crippen LogP contribution in [-0.2, 0) is 23.8 Å². The molecule has 0 spiro atoms. The maximum absolute atomic E-state index is 15.5. The van der Waals surface area contributed by atoms with Crippen LogP contribution in [0.1, 0.15) is 32.9 Å². The van der Waals surface area contributed by atoms with Crippen molar-refractivity contribution in [1.82, 2.24) is 9.55 Å². The smallest absolute Gasteiger partial charge is 0.351 e. The van der Waals surface area contributed by atoms with E-state index in [1.165, 1.54) is 19.2 Å². The van der Waals surface area contributed by atoms with E-state index in [-0.39, 0.29) is 24.5 Å². The van der Waals surface area contributed by atoms with Gasteiger partial charge in [0.15, 0.2) is 24.1 Å². The van der Waals surface area contributed by atoms with Gasteiger partial charge in [0.2, 0.25) is 5.60 Å². The van der Waals surface area contributed by atoms with Gasteiger partial charge in [-0.15, -0.1) is 11.6 Å². The monoisotopic (exact) mass is 403 g/mol. The molecule has 0 amide bonds. The van der Waals surface area contributed by atoms with E-state index < -0.39 is 47.3 Å². The average Bonchev–Trinajstić information content (AvgIpc) is 3.08. The second-order valence-electron chi connectivity index (χ2n) is 6.32. The van der Waals surface area contributed by atoms with Crippen LogP contribution in [0.25, 0.3) is 0 Å². The summed E-state index contributed by atoms with van der Waals surface area (Å²) in [4.78, 5) is 39.3. The van der Waals surface area contributed by atoms with Crippen LogP contribution in [0.4, 0.5) is 10.2 Å². The molecule has 0 bridgehead atoms. The highest BCUT2D eigenvalue weighted by molar-refractivity contribution is 6.19. The Morgan fingerprint density at radius 3 is 2.63 bits per heavy atom. The lowest BCUT2D eigenvalue weighted by Gasteiger charge is -2.24. The lowest BCUT2D eigenvalue weighted by atomic mass is 10.1. The molecule has 11 heteroatoms. The first-order chi connectivity index (χ1) is 12.8. The van der Waals surface area contributed by atoms with Gasteiger partial charge in [-0.05, 0) is 6.07 Å². The summed E-state index contributed by atoms with van der Waals surface area (Å²) < 4.78 is 32.7. The molecule has 1 saturated heterocycles. The number of halogens is 2. The SMILES string of the molecule is CCC(=O)OC1[C@@]2(CCl)O[C@@H](n3ccc(N)nc3=O)[C@H](F)[C@@]12OC(=O)CC. The van der Waals surface area contributed by atoms with Crippen molar-refractivity contribution < 1.29 is 28.2 Å². The van der Waals surface area contributed by atoms with E-state index in [1.807, 2.05) is 0 Å². The number of rotatable bonds is 6. The number of esters is 2. The number of hydrogen-bond donors (Lipinski definition) is 1. The van der Waals surface area contributed by atoms with E-state index in [2.05, 4.69) is 4.98 Å². The number of carbonyl (C=O) groups excluding carboxylic acids is 2. The summed E-state index contributed by atoms with van der Waals surface area (Å²) in [5.74, 6) is -1.69. The molecule has 1 aliphatic carbocycles. The molecule has 2 N–H and O–H groups in total. The normalized spacial score (nSPS) is 34.0. The lowest BCUT2D eigenvalue weighted by molar-refractivity contribution is -0.167. The van der Waals surface area contributed by atoms with Crippen LogP contribution < -0.4 is 11.4 Å². The quantitative estimate of drug-likeness (QED) is 0.544. The first-order valence-corrected chi connectivity index (χ1v) is 8.94. The third-order valence-corrected chi connectivity index (χ3v) is 5.21. The Bertz CT molecular complexity index is 835. The summed E-state index contributed by atoms with van der Waals surface area (Å²) in [5, 5.41) is 0. The van der Waals surface area contributed by atoms with Crippen LogP contribution in [0.15, 0.2) is 17.1 Å². The maximum atomic E-state index is 15.5. The summed E-state index contributed by atoms with van der Waals surface area (Å²) in [7, 11) is 0. The van der Waals surface area contributed by atoms with Crippen molar-refractivity contribution >= 4 is 29.4 Å². The van der Waals surface area contributed by atoms with Crippen LogP contribution in [-0.4, -0.2) is 50.8 Å². The second kappa shape index (κ2) is 6.75. The van der Waals surface area contributed by atoms with Gasteiger partial charge in [-0.3, -0.25) is 14.2 Å².